The van der Waals surface area contributed by atoms with Gasteiger partial charge >= 0.3 is 0 Å². The second kappa shape index (κ2) is 4.70. The maximum Gasteiger partial charge on any atom is 0.118 e. The Balaban J connectivity index is 2.63. The standard InChI is InChI=1S/C12H16O/c1-4-10(2)9-11-5-7-12(13-3)8-6-11/h4-8,10H,1,9H2,2-3H3/t10-/m0/s1. The molecule has 0 N–H and O–H groups in total. The number of benzene rings is 1. The third-order valence-corrected chi connectivity index (χ3v) is 2.12. The summed E-state index contributed by atoms with van der Waals surface area (Å²) in [6.45, 7) is 5.93. The predicted molar refractivity (Wildman–Crippen MR) is 56.1 cm³/mol. The Morgan fingerprint density at radius 2 is 2.00 bits per heavy atom. The summed E-state index contributed by atoms with van der Waals surface area (Å²) in [7, 11) is 1.68. The lowest BCUT2D eigenvalue weighted by Gasteiger charge is -2.06. The number of hydrogen-bond acceptors (Lipinski definition) is 1. The molecule has 0 aliphatic rings. The first-order valence-corrected chi connectivity index (χ1v) is 4.51. The van der Waals surface area contributed by atoms with Gasteiger partial charge in [-0.15, -0.1) is 6.58 Å². The number of allylic oxidation sites excluding steroid dienone is 1. The second-order valence-electron chi connectivity index (χ2n) is 3.27. The summed E-state index contributed by atoms with van der Waals surface area (Å²) in [6, 6.07) is 8.17. The maximum atomic E-state index is 5.08. The molecule has 1 aromatic rings. The van der Waals surface area contributed by atoms with Gasteiger partial charge in [0.15, 0.2) is 0 Å². The van der Waals surface area contributed by atoms with Crippen molar-refractivity contribution in [3.63, 3.8) is 0 Å². The van der Waals surface area contributed by atoms with Crippen molar-refractivity contribution in [1.29, 1.82) is 0 Å². The van der Waals surface area contributed by atoms with E-state index in [1.807, 2.05) is 18.2 Å². The van der Waals surface area contributed by atoms with Crippen molar-refractivity contribution >= 4 is 0 Å². The van der Waals surface area contributed by atoms with E-state index in [1.165, 1.54) is 5.56 Å². The molecule has 0 aromatic heterocycles. The van der Waals surface area contributed by atoms with E-state index in [0.717, 1.165) is 12.2 Å². The Labute approximate surface area is 80.0 Å². The summed E-state index contributed by atoms with van der Waals surface area (Å²) in [5.74, 6) is 1.45. The number of ether oxygens (including phenoxy) is 1. The van der Waals surface area contributed by atoms with E-state index >= 15 is 0 Å². The van der Waals surface area contributed by atoms with E-state index < -0.39 is 0 Å². The minimum atomic E-state index is 0.536. The molecule has 1 heteroatoms. The maximum absolute atomic E-state index is 5.08. The van der Waals surface area contributed by atoms with Gasteiger partial charge in [0, 0.05) is 0 Å². The summed E-state index contributed by atoms with van der Waals surface area (Å²) < 4.78 is 5.08. The van der Waals surface area contributed by atoms with Crippen LogP contribution in [0.1, 0.15) is 12.5 Å². The SMILES string of the molecule is C=C[C@H](C)Cc1ccc(OC)cc1. The van der Waals surface area contributed by atoms with Gasteiger partial charge in [-0.3, -0.25) is 0 Å². The molecule has 13 heavy (non-hydrogen) atoms. The predicted octanol–water partition coefficient (Wildman–Crippen LogP) is 3.06. The fourth-order valence-electron chi connectivity index (χ4n) is 1.22. The van der Waals surface area contributed by atoms with E-state index in [2.05, 4.69) is 25.6 Å². The van der Waals surface area contributed by atoms with Gasteiger partial charge in [-0.2, -0.15) is 0 Å². The molecule has 0 saturated carbocycles. The van der Waals surface area contributed by atoms with Crippen LogP contribution in [0.15, 0.2) is 36.9 Å². The molecule has 70 valence electrons. The number of rotatable bonds is 4. The van der Waals surface area contributed by atoms with E-state index in [4.69, 9.17) is 4.74 Å². The highest BCUT2D eigenvalue weighted by atomic mass is 16.5. The largest absolute Gasteiger partial charge is 0.497 e. The number of hydrogen-bond donors (Lipinski definition) is 0. The van der Waals surface area contributed by atoms with Crippen LogP contribution < -0.4 is 4.74 Å². The van der Waals surface area contributed by atoms with Gasteiger partial charge < -0.3 is 4.74 Å². The van der Waals surface area contributed by atoms with Crippen LogP contribution >= 0.6 is 0 Å². The Morgan fingerprint density at radius 1 is 1.38 bits per heavy atom. The first-order valence-electron chi connectivity index (χ1n) is 4.51. The van der Waals surface area contributed by atoms with Crippen molar-refractivity contribution in [3.8, 4) is 5.75 Å². The number of methoxy groups -OCH3 is 1. The van der Waals surface area contributed by atoms with Crippen molar-refractivity contribution in [2.75, 3.05) is 7.11 Å². The van der Waals surface area contributed by atoms with Gasteiger partial charge in [-0.05, 0) is 30.0 Å². The fraction of sp³-hybridized carbons (Fsp3) is 0.333. The molecule has 0 amide bonds. The van der Waals surface area contributed by atoms with E-state index in [1.54, 1.807) is 7.11 Å². The molecule has 0 saturated heterocycles. The zero-order valence-corrected chi connectivity index (χ0v) is 8.29. The highest BCUT2D eigenvalue weighted by Crippen LogP contribution is 2.14. The Hall–Kier alpha value is -1.24. The second-order valence-corrected chi connectivity index (χ2v) is 3.27. The lowest BCUT2D eigenvalue weighted by Crippen LogP contribution is -1.95. The van der Waals surface area contributed by atoms with E-state index in [9.17, 15) is 0 Å². The van der Waals surface area contributed by atoms with Crippen LogP contribution in [0, 0.1) is 5.92 Å². The molecule has 0 fully saturated rings. The monoisotopic (exact) mass is 176 g/mol. The first-order chi connectivity index (χ1) is 6.26. The highest BCUT2D eigenvalue weighted by Gasteiger charge is 1.98. The van der Waals surface area contributed by atoms with Gasteiger partial charge in [-0.1, -0.05) is 25.1 Å². The molecule has 1 rings (SSSR count). The lowest BCUT2D eigenvalue weighted by atomic mass is 10.0. The van der Waals surface area contributed by atoms with Crippen LogP contribution in [-0.2, 0) is 6.42 Å². The van der Waals surface area contributed by atoms with Gasteiger partial charge in [-0.25, -0.2) is 0 Å². The summed E-state index contributed by atoms with van der Waals surface area (Å²) in [6.07, 6.45) is 3.03. The van der Waals surface area contributed by atoms with Crippen LogP contribution in [0.3, 0.4) is 0 Å². The van der Waals surface area contributed by atoms with Gasteiger partial charge in [0.1, 0.15) is 5.75 Å². The van der Waals surface area contributed by atoms with E-state index in [-0.39, 0.29) is 0 Å². The molecule has 0 aliphatic carbocycles. The Kier molecular flexibility index (Phi) is 3.56. The van der Waals surface area contributed by atoms with Crippen molar-refractivity contribution in [2.45, 2.75) is 13.3 Å². The summed E-state index contributed by atoms with van der Waals surface area (Å²) in [5.41, 5.74) is 1.33. The molecular formula is C12H16O. The molecule has 0 spiro atoms. The fourth-order valence-corrected chi connectivity index (χ4v) is 1.22. The van der Waals surface area contributed by atoms with Crippen molar-refractivity contribution in [1.82, 2.24) is 0 Å². The zero-order chi connectivity index (χ0) is 9.68. The van der Waals surface area contributed by atoms with Crippen molar-refractivity contribution < 1.29 is 4.74 Å². The van der Waals surface area contributed by atoms with Crippen LogP contribution in [0.2, 0.25) is 0 Å². The smallest absolute Gasteiger partial charge is 0.118 e. The molecule has 0 bridgehead atoms. The highest BCUT2D eigenvalue weighted by molar-refractivity contribution is 5.27. The minimum Gasteiger partial charge on any atom is -0.497 e. The summed E-state index contributed by atoms with van der Waals surface area (Å²) >= 11 is 0. The third kappa shape index (κ3) is 2.94. The van der Waals surface area contributed by atoms with Crippen LogP contribution in [-0.4, -0.2) is 7.11 Å². The zero-order valence-electron chi connectivity index (χ0n) is 8.29. The molecule has 1 atom stereocenters. The quantitative estimate of drug-likeness (QED) is 0.641. The van der Waals surface area contributed by atoms with Crippen LogP contribution in [0.25, 0.3) is 0 Å². The minimum absolute atomic E-state index is 0.536. The third-order valence-electron chi connectivity index (χ3n) is 2.12. The normalized spacial score (nSPS) is 12.2. The van der Waals surface area contributed by atoms with Crippen molar-refractivity contribution in [2.24, 2.45) is 5.92 Å². The Bertz CT molecular complexity index is 261. The Morgan fingerprint density at radius 3 is 2.46 bits per heavy atom. The van der Waals surface area contributed by atoms with Crippen LogP contribution in [0.4, 0.5) is 0 Å². The molecular weight excluding hydrogens is 160 g/mol. The van der Waals surface area contributed by atoms with Crippen LogP contribution in [0.5, 0.6) is 5.75 Å². The lowest BCUT2D eigenvalue weighted by molar-refractivity contribution is 0.414. The van der Waals surface area contributed by atoms with Gasteiger partial charge in [0.25, 0.3) is 0 Å². The van der Waals surface area contributed by atoms with Crippen molar-refractivity contribution in [3.05, 3.63) is 42.5 Å². The summed E-state index contributed by atoms with van der Waals surface area (Å²) in [4.78, 5) is 0. The molecule has 1 aromatic carbocycles. The molecule has 0 heterocycles. The molecule has 0 radical (unpaired) electrons. The topological polar surface area (TPSA) is 9.23 Å². The van der Waals surface area contributed by atoms with Gasteiger partial charge in [0.2, 0.25) is 0 Å². The molecule has 0 aliphatic heterocycles. The average Bonchev–Trinajstić information content (AvgIpc) is 2.19. The summed E-state index contributed by atoms with van der Waals surface area (Å²) in [5, 5.41) is 0. The van der Waals surface area contributed by atoms with Gasteiger partial charge in [0.05, 0.1) is 7.11 Å². The molecule has 0 unspecified atom stereocenters. The van der Waals surface area contributed by atoms with E-state index in [0.29, 0.717) is 5.92 Å². The first kappa shape index (κ1) is 9.85. The molecule has 1 nitrogen and oxygen atoms in total. The average molecular weight is 176 g/mol.